The van der Waals surface area contributed by atoms with Gasteiger partial charge in [-0.25, -0.2) is 13.4 Å². The Morgan fingerprint density at radius 2 is 1.64 bits per heavy atom. The summed E-state index contributed by atoms with van der Waals surface area (Å²) in [5.74, 6) is 0.289. The van der Waals surface area contributed by atoms with Crippen molar-refractivity contribution in [1.29, 1.82) is 0 Å². The Balaban J connectivity index is 1.74. The first kappa shape index (κ1) is 17.4. The molecule has 0 bridgehead atoms. The molecular formula is C18H19N3O2S2. The molecule has 3 rings (SSSR count). The van der Waals surface area contributed by atoms with E-state index < -0.39 is 10.0 Å². The minimum absolute atomic E-state index is 0.282. The summed E-state index contributed by atoms with van der Waals surface area (Å²) in [5, 5.41) is 3.27. The molecule has 0 radical (unpaired) electrons. The molecule has 0 atom stereocenters. The van der Waals surface area contributed by atoms with Crippen molar-refractivity contribution in [2.75, 3.05) is 10.0 Å². The molecule has 0 spiro atoms. The van der Waals surface area contributed by atoms with Gasteiger partial charge in [0.05, 0.1) is 11.9 Å². The highest BCUT2D eigenvalue weighted by Gasteiger charge is 2.16. The van der Waals surface area contributed by atoms with Crippen LogP contribution in [0.5, 0.6) is 0 Å². The number of hydrogen-bond donors (Lipinski definition) is 2. The van der Waals surface area contributed by atoms with E-state index in [9.17, 15) is 8.42 Å². The van der Waals surface area contributed by atoms with Crippen LogP contribution in [-0.4, -0.2) is 13.4 Å². The van der Waals surface area contributed by atoms with Crippen LogP contribution in [0.15, 0.2) is 52.9 Å². The number of pyridine rings is 1. The highest BCUT2D eigenvalue weighted by atomic mass is 32.2. The normalized spacial score (nSPS) is 11.3. The molecule has 0 amide bonds. The van der Waals surface area contributed by atoms with Gasteiger partial charge in [0, 0.05) is 10.6 Å². The first-order valence-electron chi connectivity index (χ1n) is 7.72. The Bertz CT molecular complexity index is 973. The average Bonchev–Trinajstić information content (AvgIpc) is 2.95. The minimum atomic E-state index is -3.59. The van der Waals surface area contributed by atoms with Crippen LogP contribution in [0, 0.1) is 20.8 Å². The van der Waals surface area contributed by atoms with Gasteiger partial charge in [0.1, 0.15) is 10.0 Å². The number of nitrogens with zero attached hydrogens (tertiary/aromatic N) is 1. The van der Waals surface area contributed by atoms with Crippen LogP contribution >= 0.6 is 11.3 Å². The maximum absolute atomic E-state index is 12.3. The fraction of sp³-hybridized carbons (Fsp3) is 0.167. The highest BCUT2D eigenvalue weighted by molar-refractivity contribution is 7.94. The third-order valence-electron chi connectivity index (χ3n) is 3.49. The zero-order chi connectivity index (χ0) is 18.0. The van der Waals surface area contributed by atoms with E-state index in [1.165, 1.54) is 22.5 Å². The fourth-order valence-electron chi connectivity index (χ4n) is 2.49. The molecule has 130 valence electrons. The van der Waals surface area contributed by atoms with E-state index in [-0.39, 0.29) is 10.0 Å². The number of rotatable bonds is 5. The molecule has 0 aliphatic carbocycles. The van der Waals surface area contributed by atoms with E-state index in [1.54, 1.807) is 30.5 Å². The van der Waals surface area contributed by atoms with E-state index in [4.69, 9.17) is 0 Å². The summed E-state index contributed by atoms with van der Waals surface area (Å²) in [5.41, 5.74) is 4.11. The van der Waals surface area contributed by atoms with Crippen molar-refractivity contribution in [2.45, 2.75) is 25.0 Å². The number of aryl methyl sites for hydroxylation is 3. The smallest absolute Gasteiger partial charge is 0.272 e. The molecule has 0 aliphatic heterocycles. The lowest BCUT2D eigenvalue weighted by Crippen LogP contribution is -2.12. The molecule has 3 aromatic rings. The Morgan fingerprint density at radius 3 is 2.20 bits per heavy atom. The SMILES string of the molecule is Cc1cc(C)cc(Nc2ccc(NS(=O)(=O)c3ccc(C)s3)nc2)c1. The van der Waals surface area contributed by atoms with Crippen LogP contribution in [0.25, 0.3) is 0 Å². The molecule has 1 aromatic carbocycles. The number of nitrogens with one attached hydrogen (secondary N) is 2. The first-order valence-corrected chi connectivity index (χ1v) is 10.0. The van der Waals surface area contributed by atoms with Gasteiger partial charge in [0.2, 0.25) is 0 Å². The summed E-state index contributed by atoms with van der Waals surface area (Å²) in [6.07, 6.45) is 1.61. The van der Waals surface area contributed by atoms with Crippen molar-refractivity contribution in [2.24, 2.45) is 0 Å². The van der Waals surface area contributed by atoms with Crippen molar-refractivity contribution >= 4 is 38.6 Å². The number of aromatic nitrogens is 1. The monoisotopic (exact) mass is 373 g/mol. The zero-order valence-electron chi connectivity index (χ0n) is 14.2. The minimum Gasteiger partial charge on any atom is -0.354 e. The Labute approximate surface area is 151 Å². The van der Waals surface area contributed by atoms with Gasteiger partial charge >= 0.3 is 0 Å². The molecule has 2 heterocycles. The summed E-state index contributed by atoms with van der Waals surface area (Å²) < 4.78 is 27.4. The van der Waals surface area contributed by atoms with Gasteiger partial charge in [-0.05, 0) is 68.3 Å². The third kappa shape index (κ3) is 4.37. The largest absolute Gasteiger partial charge is 0.354 e. The van der Waals surface area contributed by atoms with E-state index in [2.05, 4.69) is 21.1 Å². The number of benzene rings is 1. The zero-order valence-corrected chi connectivity index (χ0v) is 15.8. The maximum atomic E-state index is 12.3. The van der Waals surface area contributed by atoms with Gasteiger partial charge in [-0.1, -0.05) is 6.07 Å². The molecule has 0 unspecified atom stereocenters. The third-order valence-corrected chi connectivity index (χ3v) is 6.34. The molecule has 7 heteroatoms. The molecule has 2 N–H and O–H groups in total. The second-order valence-electron chi connectivity index (χ2n) is 5.90. The Kier molecular flexibility index (Phi) is 4.78. The summed E-state index contributed by atoms with van der Waals surface area (Å²) in [6, 6.07) is 13.0. The summed E-state index contributed by atoms with van der Waals surface area (Å²) in [6.45, 7) is 5.95. The van der Waals surface area contributed by atoms with Crippen molar-refractivity contribution < 1.29 is 8.42 Å². The standard InChI is InChI=1S/C18H19N3O2S2/c1-12-8-13(2)10-16(9-12)20-15-5-6-17(19-11-15)21-25(22,23)18-7-4-14(3)24-18/h4-11,20H,1-3H3,(H,19,21). The molecule has 5 nitrogen and oxygen atoms in total. The lowest BCUT2D eigenvalue weighted by molar-refractivity contribution is 0.603. The second-order valence-corrected chi connectivity index (χ2v) is 9.10. The van der Waals surface area contributed by atoms with Crippen LogP contribution < -0.4 is 10.0 Å². The van der Waals surface area contributed by atoms with Crippen molar-refractivity contribution in [3.05, 3.63) is 64.7 Å². The quantitative estimate of drug-likeness (QED) is 0.685. The van der Waals surface area contributed by atoms with E-state index in [0.717, 1.165) is 16.3 Å². The van der Waals surface area contributed by atoms with E-state index >= 15 is 0 Å². The highest BCUT2D eigenvalue weighted by Crippen LogP contribution is 2.24. The topological polar surface area (TPSA) is 71.1 Å². The van der Waals surface area contributed by atoms with Crippen LogP contribution in [0.1, 0.15) is 16.0 Å². The van der Waals surface area contributed by atoms with Crippen LogP contribution in [0.3, 0.4) is 0 Å². The molecular weight excluding hydrogens is 354 g/mol. The van der Waals surface area contributed by atoms with Crippen molar-refractivity contribution in [3.63, 3.8) is 0 Å². The Morgan fingerprint density at radius 1 is 0.920 bits per heavy atom. The molecule has 25 heavy (non-hydrogen) atoms. The number of thiophene rings is 1. The van der Waals surface area contributed by atoms with E-state index in [0.29, 0.717) is 0 Å². The number of anilines is 3. The van der Waals surface area contributed by atoms with Crippen LogP contribution in [-0.2, 0) is 10.0 Å². The lowest BCUT2D eigenvalue weighted by Gasteiger charge is -2.10. The van der Waals surface area contributed by atoms with Crippen LogP contribution in [0.4, 0.5) is 17.2 Å². The molecule has 0 fully saturated rings. The van der Waals surface area contributed by atoms with Crippen LogP contribution in [0.2, 0.25) is 0 Å². The number of sulfonamides is 1. The predicted octanol–water partition coefficient (Wildman–Crippen LogP) is 4.61. The summed E-state index contributed by atoms with van der Waals surface area (Å²) in [4.78, 5) is 5.13. The van der Waals surface area contributed by atoms with Gasteiger partial charge in [-0.15, -0.1) is 11.3 Å². The van der Waals surface area contributed by atoms with Gasteiger partial charge in [0.25, 0.3) is 10.0 Å². The molecule has 0 saturated carbocycles. The van der Waals surface area contributed by atoms with Crippen molar-refractivity contribution in [3.8, 4) is 0 Å². The van der Waals surface area contributed by atoms with Gasteiger partial charge in [0.15, 0.2) is 0 Å². The molecule has 2 aromatic heterocycles. The second kappa shape index (κ2) is 6.85. The summed E-state index contributed by atoms with van der Waals surface area (Å²) in [7, 11) is -3.59. The summed E-state index contributed by atoms with van der Waals surface area (Å²) >= 11 is 1.23. The van der Waals surface area contributed by atoms with Crippen molar-refractivity contribution in [1.82, 2.24) is 4.98 Å². The van der Waals surface area contributed by atoms with Gasteiger partial charge in [-0.2, -0.15) is 0 Å². The Hall–Kier alpha value is -2.38. The van der Waals surface area contributed by atoms with E-state index in [1.807, 2.05) is 32.9 Å². The fourth-order valence-corrected chi connectivity index (χ4v) is 4.78. The average molecular weight is 374 g/mol. The molecule has 0 aliphatic rings. The number of hydrogen-bond acceptors (Lipinski definition) is 5. The molecule has 0 saturated heterocycles. The van der Waals surface area contributed by atoms with Gasteiger partial charge in [-0.3, -0.25) is 4.72 Å². The predicted molar refractivity (Wildman–Crippen MR) is 103 cm³/mol. The first-order chi connectivity index (χ1) is 11.8. The van der Waals surface area contributed by atoms with Gasteiger partial charge < -0.3 is 5.32 Å². The maximum Gasteiger partial charge on any atom is 0.272 e. The lowest BCUT2D eigenvalue weighted by atomic mass is 10.1.